The maximum Gasteiger partial charge on any atom is 0.269 e. The molecule has 2 aromatic carbocycles. The first kappa shape index (κ1) is 22.3. The minimum absolute atomic E-state index is 0.0352. The van der Waals surface area contributed by atoms with Gasteiger partial charge in [-0.05, 0) is 37.0 Å². The molecule has 0 spiro atoms. The van der Waals surface area contributed by atoms with Crippen LogP contribution in [0.3, 0.4) is 0 Å². The lowest BCUT2D eigenvalue weighted by Crippen LogP contribution is -2.27. The highest BCUT2D eigenvalue weighted by atomic mass is 32.2. The fraction of sp³-hybridized carbons (Fsp3) is 0.250. The van der Waals surface area contributed by atoms with Gasteiger partial charge in [0.2, 0.25) is 0 Å². The summed E-state index contributed by atoms with van der Waals surface area (Å²) in [6.45, 7) is 5.43. The van der Waals surface area contributed by atoms with Crippen molar-refractivity contribution in [1.82, 2.24) is 5.32 Å². The zero-order valence-corrected chi connectivity index (χ0v) is 18.5. The molecule has 7 heteroatoms. The van der Waals surface area contributed by atoms with Crippen LogP contribution in [0.5, 0.6) is 0 Å². The number of aryl methyl sites for hydroxylation is 1. The second-order valence-corrected chi connectivity index (χ2v) is 8.30. The molecule has 1 atom stereocenters. The molecule has 1 N–H and O–H groups in total. The summed E-state index contributed by atoms with van der Waals surface area (Å²) in [7, 11) is 0. The molecule has 2 aromatic rings. The van der Waals surface area contributed by atoms with Gasteiger partial charge in [0.15, 0.2) is 5.78 Å². The number of benzene rings is 2. The number of ketones is 1. The van der Waals surface area contributed by atoms with Gasteiger partial charge in [-0.1, -0.05) is 43.3 Å². The molecule has 6 nitrogen and oxygen atoms in total. The van der Waals surface area contributed by atoms with Crippen LogP contribution in [0, 0.1) is 21.4 Å². The maximum absolute atomic E-state index is 12.5. The van der Waals surface area contributed by atoms with E-state index in [1.165, 1.54) is 36.4 Å². The maximum atomic E-state index is 12.5. The minimum Gasteiger partial charge on any atom is -0.353 e. The number of Topliss-reactive ketones (excluding diaryl/α,β-unsaturated/α-hetero) is 1. The molecule has 0 aliphatic carbocycles. The van der Waals surface area contributed by atoms with Crippen molar-refractivity contribution < 1.29 is 9.72 Å². The van der Waals surface area contributed by atoms with Gasteiger partial charge in [-0.3, -0.25) is 14.9 Å². The smallest absolute Gasteiger partial charge is 0.269 e. The number of nitrogens with zero attached hydrogens (tertiary/aromatic N) is 2. The van der Waals surface area contributed by atoms with Crippen molar-refractivity contribution in [3.63, 3.8) is 0 Å². The number of nitro groups is 1. The topological polar surface area (TPSA) is 96.0 Å². The molecule has 0 saturated heterocycles. The zero-order valence-electron chi connectivity index (χ0n) is 17.6. The number of dihydropyridines is 1. The summed E-state index contributed by atoms with van der Waals surface area (Å²) < 4.78 is 0. The number of hydrogen-bond donors (Lipinski definition) is 1. The summed E-state index contributed by atoms with van der Waals surface area (Å²) in [4.78, 5) is 23.1. The quantitative estimate of drug-likeness (QED) is 0.465. The first-order valence-electron chi connectivity index (χ1n) is 9.93. The summed E-state index contributed by atoms with van der Waals surface area (Å²) in [5.74, 6) is -0.0633. The Bertz CT molecular complexity index is 1130. The van der Waals surface area contributed by atoms with Crippen LogP contribution in [0.25, 0.3) is 0 Å². The third-order valence-corrected chi connectivity index (χ3v) is 6.34. The lowest BCUT2D eigenvalue weighted by atomic mass is 9.81. The van der Waals surface area contributed by atoms with E-state index in [0.717, 1.165) is 23.2 Å². The van der Waals surface area contributed by atoms with E-state index in [-0.39, 0.29) is 11.5 Å². The second kappa shape index (κ2) is 9.63. The Balaban J connectivity index is 1.98. The largest absolute Gasteiger partial charge is 0.353 e. The molecule has 1 aliphatic heterocycles. The predicted molar refractivity (Wildman–Crippen MR) is 122 cm³/mol. The van der Waals surface area contributed by atoms with Crippen molar-refractivity contribution in [1.29, 1.82) is 5.26 Å². The molecule has 1 aliphatic rings. The van der Waals surface area contributed by atoms with E-state index < -0.39 is 10.8 Å². The summed E-state index contributed by atoms with van der Waals surface area (Å²) in [6.07, 6.45) is 0.909. The van der Waals surface area contributed by atoms with E-state index in [4.69, 9.17) is 0 Å². The predicted octanol–water partition coefficient (Wildman–Crippen LogP) is 5.38. The summed E-state index contributed by atoms with van der Waals surface area (Å²) >= 11 is 1.41. The van der Waals surface area contributed by atoms with Crippen LogP contribution in [0.2, 0.25) is 0 Å². The average molecular weight is 434 g/mol. The van der Waals surface area contributed by atoms with Gasteiger partial charge < -0.3 is 5.32 Å². The van der Waals surface area contributed by atoms with Crippen LogP contribution >= 0.6 is 11.8 Å². The van der Waals surface area contributed by atoms with Gasteiger partial charge in [0, 0.05) is 29.2 Å². The number of nitrogens with one attached hydrogen (secondary N) is 1. The first-order chi connectivity index (χ1) is 14.8. The SMILES string of the molecule is CCc1ccc([C@@H]2C(C#N)=C(SCc3cccc([N+](=O)[O-])c3)NC(C)=C2C(C)=O)cc1. The Kier molecular flexibility index (Phi) is 6.93. The van der Waals surface area contributed by atoms with Crippen LogP contribution in [0.15, 0.2) is 70.4 Å². The molecule has 1 heterocycles. The van der Waals surface area contributed by atoms with Gasteiger partial charge in [-0.2, -0.15) is 5.26 Å². The van der Waals surface area contributed by atoms with Crippen molar-refractivity contribution in [2.24, 2.45) is 0 Å². The van der Waals surface area contributed by atoms with Crippen LogP contribution in [0.1, 0.15) is 43.4 Å². The van der Waals surface area contributed by atoms with Crippen molar-refractivity contribution in [3.05, 3.63) is 97.2 Å². The normalized spacial score (nSPS) is 16.0. The van der Waals surface area contributed by atoms with Crippen LogP contribution < -0.4 is 5.32 Å². The van der Waals surface area contributed by atoms with Gasteiger partial charge in [-0.25, -0.2) is 0 Å². The van der Waals surface area contributed by atoms with E-state index >= 15 is 0 Å². The van der Waals surface area contributed by atoms with Gasteiger partial charge in [0.1, 0.15) is 0 Å². The van der Waals surface area contributed by atoms with Crippen LogP contribution in [0.4, 0.5) is 5.69 Å². The molecule has 158 valence electrons. The van der Waals surface area contributed by atoms with E-state index in [1.807, 2.05) is 37.3 Å². The summed E-state index contributed by atoms with van der Waals surface area (Å²) in [5.41, 5.74) is 4.69. The van der Waals surface area contributed by atoms with Crippen molar-refractivity contribution in [2.45, 2.75) is 38.9 Å². The third kappa shape index (κ3) is 4.86. The Hall–Kier alpha value is -3.37. The Morgan fingerprint density at radius 1 is 1.23 bits per heavy atom. The molecule has 0 bridgehead atoms. The Labute approximate surface area is 185 Å². The summed E-state index contributed by atoms with van der Waals surface area (Å²) in [6, 6.07) is 16.8. The number of nitro benzene ring substituents is 1. The highest BCUT2D eigenvalue weighted by Gasteiger charge is 2.33. The van der Waals surface area contributed by atoms with Crippen molar-refractivity contribution >= 4 is 23.2 Å². The second-order valence-electron chi connectivity index (χ2n) is 7.32. The minimum atomic E-state index is -0.442. The molecule has 0 radical (unpaired) electrons. The third-order valence-electron chi connectivity index (χ3n) is 5.25. The number of allylic oxidation sites excluding steroid dienone is 3. The molecule has 0 unspecified atom stereocenters. The molecule has 31 heavy (non-hydrogen) atoms. The average Bonchev–Trinajstić information content (AvgIpc) is 2.77. The van der Waals surface area contributed by atoms with Crippen LogP contribution in [-0.4, -0.2) is 10.7 Å². The molecule has 0 saturated carbocycles. The van der Waals surface area contributed by atoms with E-state index in [1.54, 1.807) is 6.07 Å². The van der Waals surface area contributed by atoms with Crippen molar-refractivity contribution in [2.75, 3.05) is 0 Å². The number of carbonyl (C=O) groups is 1. The summed E-state index contributed by atoms with van der Waals surface area (Å²) in [5, 5.41) is 24.9. The fourth-order valence-corrected chi connectivity index (χ4v) is 4.72. The molecular formula is C24H23N3O3S. The molecule has 0 aromatic heterocycles. The molecule has 3 rings (SSSR count). The highest BCUT2D eigenvalue weighted by Crippen LogP contribution is 2.41. The lowest BCUT2D eigenvalue weighted by Gasteiger charge is -2.29. The van der Waals surface area contributed by atoms with E-state index in [0.29, 0.717) is 21.9 Å². The molecule has 0 fully saturated rings. The van der Waals surface area contributed by atoms with Crippen molar-refractivity contribution in [3.8, 4) is 6.07 Å². The monoisotopic (exact) mass is 433 g/mol. The first-order valence-corrected chi connectivity index (χ1v) is 10.9. The standard InChI is InChI=1S/C24H23N3O3S/c1-4-17-8-10-19(11-9-17)23-21(13-25)24(26-15(2)22(23)16(3)28)31-14-18-6-5-7-20(12-18)27(29)30/h5-12,23,26H,4,14H2,1-3H3/t23-/m1/s1. The van der Waals surface area contributed by atoms with Gasteiger partial charge in [0.25, 0.3) is 5.69 Å². The Morgan fingerprint density at radius 2 is 1.94 bits per heavy atom. The fourth-order valence-electron chi connectivity index (χ4n) is 3.69. The lowest BCUT2D eigenvalue weighted by molar-refractivity contribution is -0.384. The van der Waals surface area contributed by atoms with Gasteiger partial charge in [-0.15, -0.1) is 11.8 Å². The molecule has 0 amide bonds. The highest BCUT2D eigenvalue weighted by molar-refractivity contribution is 8.02. The Morgan fingerprint density at radius 3 is 2.52 bits per heavy atom. The zero-order chi connectivity index (χ0) is 22.5. The number of rotatable bonds is 7. The van der Waals surface area contributed by atoms with Gasteiger partial charge >= 0.3 is 0 Å². The number of nitriles is 1. The number of carbonyl (C=O) groups excluding carboxylic acids is 1. The van der Waals surface area contributed by atoms with Gasteiger partial charge in [0.05, 0.1) is 27.5 Å². The number of hydrogen-bond acceptors (Lipinski definition) is 6. The van der Waals surface area contributed by atoms with Crippen LogP contribution in [-0.2, 0) is 17.0 Å². The molecular weight excluding hydrogens is 410 g/mol. The number of non-ortho nitro benzene ring substituents is 1. The van der Waals surface area contributed by atoms with E-state index in [2.05, 4.69) is 18.3 Å². The number of thioether (sulfide) groups is 1. The van der Waals surface area contributed by atoms with E-state index in [9.17, 15) is 20.2 Å².